The number of hydrogen-bond acceptors (Lipinski definition) is 5. The zero-order valence-electron chi connectivity index (χ0n) is 11.8. The van der Waals surface area contributed by atoms with Gasteiger partial charge in [0.1, 0.15) is 5.78 Å². The topological polar surface area (TPSA) is 59.2 Å². The van der Waals surface area contributed by atoms with Crippen LogP contribution >= 0.6 is 0 Å². The maximum Gasteiger partial charge on any atom is 0.234 e. The molecule has 0 aliphatic carbocycles. The number of likely N-dealkylation sites (N-methyl/N-ethyl adjacent to an activating group) is 1. The van der Waals surface area contributed by atoms with Gasteiger partial charge in [0.05, 0.1) is 6.42 Å². The minimum absolute atomic E-state index is 0.0102. The highest BCUT2D eigenvalue weighted by Crippen LogP contribution is 2.05. The zero-order chi connectivity index (χ0) is 13.5. The van der Waals surface area contributed by atoms with Gasteiger partial charge in [-0.05, 0) is 13.1 Å². The number of carbonyl (C=O) groups excluding carboxylic acids is 1. The summed E-state index contributed by atoms with van der Waals surface area (Å²) in [7, 11) is 0. The number of nitrogens with zero attached hydrogens (tertiary/aromatic N) is 3. The first-order valence-electron chi connectivity index (χ1n) is 6.63. The third-order valence-electron chi connectivity index (χ3n) is 3.03. The molecule has 102 valence electrons. The molecule has 1 heterocycles. The highest BCUT2D eigenvalue weighted by atomic mass is 16.5. The predicted octanol–water partition coefficient (Wildman–Crippen LogP) is 1.72. The van der Waals surface area contributed by atoms with Gasteiger partial charge in [-0.15, -0.1) is 0 Å². The summed E-state index contributed by atoms with van der Waals surface area (Å²) in [6.45, 7) is 11.0. The van der Waals surface area contributed by atoms with E-state index in [4.69, 9.17) is 4.52 Å². The second-order valence-electron chi connectivity index (χ2n) is 4.68. The van der Waals surface area contributed by atoms with E-state index in [9.17, 15) is 4.79 Å². The summed E-state index contributed by atoms with van der Waals surface area (Å²) in [5.74, 6) is 1.27. The number of aromatic nitrogens is 2. The molecule has 0 atom stereocenters. The molecule has 0 saturated carbocycles. The summed E-state index contributed by atoms with van der Waals surface area (Å²) in [6.07, 6.45) is 1.01. The van der Waals surface area contributed by atoms with Gasteiger partial charge in [0.25, 0.3) is 0 Å². The van der Waals surface area contributed by atoms with Crippen molar-refractivity contribution in [1.29, 1.82) is 0 Å². The van der Waals surface area contributed by atoms with Crippen LogP contribution in [-0.2, 0) is 17.6 Å². The van der Waals surface area contributed by atoms with Crippen molar-refractivity contribution in [3.05, 3.63) is 11.7 Å². The molecule has 1 rings (SSSR count). The Morgan fingerprint density at radius 3 is 2.56 bits per heavy atom. The Hall–Kier alpha value is -1.23. The molecule has 1 aromatic heterocycles. The van der Waals surface area contributed by atoms with Crippen molar-refractivity contribution in [3.63, 3.8) is 0 Å². The van der Waals surface area contributed by atoms with E-state index in [0.29, 0.717) is 11.7 Å². The Morgan fingerprint density at radius 1 is 1.33 bits per heavy atom. The minimum Gasteiger partial charge on any atom is -0.339 e. The molecule has 0 bridgehead atoms. The normalized spacial score (nSPS) is 11.4. The first-order chi connectivity index (χ1) is 8.56. The average molecular weight is 253 g/mol. The van der Waals surface area contributed by atoms with Gasteiger partial charge in [0.15, 0.2) is 5.82 Å². The standard InChI is InChI=1S/C13H23N3O2/c1-5-16(6-2)8-7-12-14-13(18-15-12)9-11(17)10(3)4/h10H,5-9H2,1-4H3. The van der Waals surface area contributed by atoms with Gasteiger partial charge < -0.3 is 9.42 Å². The van der Waals surface area contributed by atoms with Crippen LogP contribution in [0.15, 0.2) is 4.52 Å². The van der Waals surface area contributed by atoms with Crippen LogP contribution in [0.1, 0.15) is 39.4 Å². The van der Waals surface area contributed by atoms with Gasteiger partial charge in [-0.3, -0.25) is 4.79 Å². The molecule has 0 amide bonds. The van der Waals surface area contributed by atoms with Crippen molar-refractivity contribution in [1.82, 2.24) is 15.0 Å². The molecule has 18 heavy (non-hydrogen) atoms. The fourth-order valence-corrected chi connectivity index (χ4v) is 1.61. The predicted molar refractivity (Wildman–Crippen MR) is 69.3 cm³/mol. The third kappa shape index (κ3) is 4.56. The minimum atomic E-state index is 0.0102. The lowest BCUT2D eigenvalue weighted by atomic mass is 10.1. The van der Waals surface area contributed by atoms with Crippen molar-refractivity contribution in [2.75, 3.05) is 19.6 Å². The third-order valence-corrected chi connectivity index (χ3v) is 3.03. The van der Waals surface area contributed by atoms with E-state index >= 15 is 0 Å². The van der Waals surface area contributed by atoms with E-state index in [1.165, 1.54) is 0 Å². The van der Waals surface area contributed by atoms with Gasteiger partial charge in [-0.2, -0.15) is 4.98 Å². The lowest BCUT2D eigenvalue weighted by Gasteiger charge is -2.16. The van der Waals surface area contributed by atoms with E-state index < -0.39 is 0 Å². The first-order valence-corrected chi connectivity index (χ1v) is 6.63. The molecule has 0 aliphatic heterocycles. The van der Waals surface area contributed by atoms with Gasteiger partial charge in [0.2, 0.25) is 5.89 Å². The molecule has 0 fully saturated rings. The number of Topliss-reactive ketones (excluding diaryl/α,β-unsaturated/α-hetero) is 1. The van der Waals surface area contributed by atoms with Crippen molar-refractivity contribution >= 4 is 5.78 Å². The van der Waals surface area contributed by atoms with Gasteiger partial charge in [0, 0.05) is 18.9 Å². The second kappa shape index (κ2) is 7.26. The first kappa shape index (κ1) is 14.8. The molecular weight excluding hydrogens is 230 g/mol. The molecule has 0 spiro atoms. The quantitative estimate of drug-likeness (QED) is 0.706. The van der Waals surface area contributed by atoms with Crippen LogP contribution in [0.5, 0.6) is 0 Å². The van der Waals surface area contributed by atoms with E-state index in [2.05, 4.69) is 28.9 Å². The smallest absolute Gasteiger partial charge is 0.234 e. The zero-order valence-corrected chi connectivity index (χ0v) is 11.8. The van der Waals surface area contributed by atoms with E-state index in [1.54, 1.807) is 0 Å². The molecule has 0 aromatic carbocycles. The van der Waals surface area contributed by atoms with Crippen molar-refractivity contribution in [3.8, 4) is 0 Å². The highest BCUT2D eigenvalue weighted by molar-refractivity contribution is 5.81. The average Bonchev–Trinajstić information content (AvgIpc) is 2.78. The van der Waals surface area contributed by atoms with Crippen LogP contribution in [0.4, 0.5) is 0 Å². The molecule has 0 radical (unpaired) electrons. The van der Waals surface area contributed by atoms with Crippen LogP contribution in [0.2, 0.25) is 0 Å². The fraction of sp³-hybridized carbons (Fsp3) is 0.769. The number of carbonyl (C=O) groups is 1. The maximum atomic E-state index is 11.5. The second-order valence-corrected chi connectivity index (χ2v) is 4.68. The monoisotopic (exact) mass is 253 g/mol. The molecule has 0 unspecified atom stereocenters. The molecule has 5 nitrogen and oxygen atoms in total. The lowest BCUT2D eigenvalue weighted by molar-refractivity contribution is -0.121. The van der Waals surface area contributed by atoms with Gasteiger partial charge in [-0.25, -0.2) is 0 Å². The fourth-order valence-electron chi connectivity index (χ4n) is 1.61. The van der Waals surface area contributed by atoms with E-state index in [-0.39, 0.29) is 18.1 Å². The summed E-state index contributed by atoms with van der Waals surface area (Å²) in [6, 6.07) is 0. The molecule has 5 heteroatoms. The summed E-state index contributed by atoms with van der Waals surface area (Å²) in [4.78, 5) is 18.1. The molecule has 0 saturated heterocycles. The van der Waals surface area contributed by atoms with Crippen LogP contribution in [0, 0.1) is 5.92 Å². The van der Waals surface area contributed by atoms with Crippen molar-refractivity contribution in [2.24, 2.45) is 5.92 Å². The molecule has 0 N–H and O–H groups in total. The Balaban J connectivity index is 2.45. The maximum absolute atomic E-state index is 11.5. The number of ketones is 1. The van der Waals surface area contributed by atoms with Gasteiger partial charge >= 0.3 is 0 Å². The summed E-state index contributed by atoms with van der Waals surface area (Å²) in [5.41, 5.74) is 0. The van der Waals surface area contributed by atoms with E-state index in [1.807, 2.05) is 13.8 Å². The summed E-state index contributed by atoms with van der Waals surface area (Å²) >= 11 is 0. The van der Waals surface area contributed by atoms with E-state index in [0.717, 1.165) is 26.1 Å². The Labute approximate surface area is 109 Å². The van der Waals surface area contributed by atoms with Crippen LogP contribution in [0.3, 0.4) is 0 Å². The Bertz CT molecular complexity index is 370. The Morgan fingerprint density at radius 2 is 2.00 bits per heavy atom. The van der Waals surface area contributed by atoms with Crippen molar-refractivity contribution in [2.45, 2.75) is 40.5 Å². The number of rotatable bonds is 8. The van der Waals surface area contributed by atoms with Crippen LogP contribution in [-0.4, -0.2) is 40.5 Å². The van der Waals surface area contributed by atoms with Crippen LogP contribution in [0.25, 0.3) is 0 Å². The molecule has 0 aliphatic rings. The highest BCUT2D eigenvalue weighted by Gasteiger charge is 2.14. The lowest BCUT2D eigenvalue weighted by Crippen LogP contribution is -2.25. The summed E-state index contributed by atoms with van der Waals surface area (Å²) < 4.78 is 5.08. The number of hydrogen-bond donors (Lipinski definition) is 0. The summed E-state index contributed by atoms with van der Waals surface area (Å²) in [5, 5.41) is 3.90. The van der Waals surface area contributed by atoms with Gasteiger partial charge in [-0.1, -0.05) is 32.9 Å². The molecular formula is C13H23N3O2. The van der Waals surface area contributed by atoms with Crippen LogP contribution < -0.4 is 0 Å². The largest absolute Gasteiger partial charge is 0.339 e. The SMILES string of the molecule is CCN(CC)CCc1noc(CC(=O)C(C)C)n1. The van der Waals surface area contributed by atoms with Crippen molar-refractivity contribution < 1.29 is 9.32 Å². The Kier molecular flexibility index (Phi) is 5.98. The molecule has 1 aromatic rings.